The topological polar surface area (TPSA) is 103 Å². The van der Waals surface area contributed by atoms with Crippen LogP contribution in [0.25, 0.3) is 0 Å². The second kappa shape index (κ2) is 6.46. The number of nitrogens with zero attached hydrogens (tertiary/aromatic N) is 1. The standard InChI is InChI=1S/C17H19N3O5/c1-8-18-16-13(17(22)19-8)10(7-12(21)20-16)9-5-6-11(23-2)15(25-4)14(9)24-3/h5-6,10H,7H2,1-4H3,(H2,18,19,20,21,22). The summed E-state index contributed by atoms with van der Waals surface area (Å²) in [6.07, 6.45) is 0.104. The van der Waals surface area contributed by atoms with Crippen LogP contribution in [0.3, 0.4) is 0 Å². The van der Waals surface area contributed by atoms with Crippen molar-refractivity contribution < 1.29 is 19.0 Å². The monoisotopic (exact) mass is 345 g/mol. The average Bonchev–Trinajstić information content (AvgIpc) is 2.58. The number of hydrogen-bond acceptors (Lipinski definition) is 6. The Kier molecular flexibility index (Phi) is 4.35. The molecule has 1 aliphatic rings. The van der Waals surface area contributed by atoms with Gasteiger partial charge in [-0.1, -0.05) is 6.07 Å². The Bertz CT molecular complexity index is 891. The zero-order valence-corrected chi connectivity index (χ0v) is 14.4. The van der Waals surface area contributed by atoms with Gasteiger partial charge in [-0.25, -0.2) is 4.98 Å². The summed E-state index contributed by atoms with van der Waals surface area (Å²) in [6, 6.07) is 3.49. The van der Waals surface area contributed by atoms with Gasteiger partial charge in [-0.15, -0.1) is 0 Å². The highest BCUT2D eigenvalue weighted by molar-refractivity contribution is 5.94. The minimum atomic E-state index is -0.504. The first-order valence-corrected chi connectivity index (χ1v) is 7.69. The number of amides is 1. The van der Waals surface area contributed by atoms with Gasteiger partial charge in [-0.3, -0.25) is 9.59 Å². The lowest BCUT2D eigenvalue weighted by Crippen LogP contribution is -2.31. The largest absolute Gasteiger partial charge is 0.493 e. The summed E-state index contributed by atoms with van der Waals surface area (Å²) in [5.41, 5.74) is 0.771. The predicted molar refractivity (Wildman–Crippen MR) is 90.8 cm³/mol. The number of aryl methyl sites for hydroxylation is 1. The quantitative estimate of drug-likeness (QED) is 0.872. The summed E-state index contributed by atoms with van der Waals surface area (Å²) >= 11 is 0. The molecule has 2 N–H and O–H groups in total. The fourth-order valence-electron chi connectivity index (χ4n) is 3.15. The Balaban J connectivity index is 2.25. The third-order valence-electron chi connectivity index (χ3n) is 4.18. The van der Waals surface area contributed by atoms with Gasteiger partial charge in [0.25, 0.3) is 5.56 Å². The van der Waals surface area contributed by atoms with Crippen LogP contribution in [-0.4, -0.2) is 37.2 Å². The van der Waals surface area contributed by atoms with Gasteiger partial charge >= 0.3 is 0 Å². The number of carbonyl (C=O) groups excluding carboxylic acids is 1. The number of nitrogens with one attached hydrogen (secondary N) is 2. The third kappa shape index (κ3) is 2.79. The molecule has 1 aliphatic heterocycles. The molecule has 0 fully saturated rings. The number of fused-ring (bicyclic) bond motifs is 1. The summed E-state index contributed by atoms with van der Waals surface area (Å²) in [5, 5.41) is 2.66. The van der Waals surface area contributed by atoms with Crippen molar-refractivity contribution in [3.63, 3.8) is 0 Å². The van der Waals surface area contributed by atoms with Crippen LogP contribution in [0.4, 0.5) is 5.82 Å². The number of aromatic amines is 1. The van der Waals surface area contributed by atoms with E-state index in [9.17, 15) is 9.59 Å². The molecule has 1 unspecified atom stereocenters. The molecular weight excluding hydrogens is 326 g/mol. The first-order valence-electron chi connectivity index (χ1n) is 7.69. The average molecular weight is 345 g/mol. The smallest absolute Gasteiger partial charge is 0.256 e. The second-order valence-corrected chi connectivity index (χ2v) is 5.64. The van der Waals surface area contributed by atoms with Gasteiger partial charge in [-0.2, -0.15) is 0 Å². The van der Waals surface area contributed by atoms with Crippen molar-refractivity contribution in [2.75, 3.05) is 26.6 Å². The maximum atomic E-state index is 12.5. The van der Waals surface area contributed by atoms with Crippen molar-refractivity contribution in [3.8, 4) is 17.2 Å². The van der Waals surface area contributed by atoms with E-state index >= 15 is 0 Å². The molecule has 25 heavy (non-hydrogen) atoms. The van der Waals surface area contributed by atoms with Gasteiger partial charge in [0.05, 0.1) is 26.9 Å². The summed E-state index contributed by atoms with van der Waals surface area (Å²) in [5.74, 6) is 1.32. The van der Waals surface area contributed by atoms with Crippen LogP contribution in [0.1, 0.15) is 29.3 Å². The zero-order valence-electron chi connectivity index (χ0n) is 14.4. The summed E-state index contributed by atoms with van der Waals surface area (Å²) in [7, 11) is 4.53. The molecule has 1 aromatic heterocycles. The first-order chi connectivity index (χ1) is 12.0. The molecule has 0 spiro atoms. The number of anilines is 1. The molecule has 8 nitrogen and oxygen atoms in total. The fraction of sp³-hybridized carbons (Fsp3) is 0.353. The molecule has 2 heterocycles. The number of carbonyl (C=O) groups is 1. The molecule has 1 amide bonds. The van der Waals surface area contributed by atoms with E-state index in [4.69, 9.17) is 14.2 Å². The molecule has 0 radical (unpaired) electrons. The number of benzene rings is 1. The Morgan fingerprint density at radius 3 is 2.44 bits per heavy atom. The molecule has 8 heteroatoms. The van der Waals surface area contributed by atoms with Crippen LogP contribution in [0, 0.1) is 6.92 Å². The highest BCUT2D eigenvalue weighted by atomic mass is 16.5. The molecule has 0 bridgehead atoms. The van der Waals surface area contributed by atoms with Gasteiger partial charge < -0.3 is 24.5 Å². The maximum Gasteiger partial charge on any atom is 0.256 e. The minimum absolute atomic E-state index is 0.104. The van der Waals surface area contributed by atoms with Gasteiger partial charge in [0, 0.05) is 17.9 Å². The molecule has 0 saturated heterocycles. The van der Waals surface area contributed by atoms with Crippen LogP contribution in [-0.2, 0) is 4.79 Å². The van der Waals surface area contributed by atoms with Gasteiger partial charge in [0.2, 0.25) is 11.7 Å². The van der Waals surface area contributed by atoms with Crippen molar-refractivity contribution in [2.24, 2.45) is 0 Å². The SMILES string of the molecule is COc1ccc(C2CC(=O)Nc3nc(C)[nH]c(=O)c32)c(OC)c1OC. The number of hydrogen-bond donors (Lipinski definition) is 2. The lowest BCUT2D eigenvalue weighted by Gasteiger charge is -2.26. The van der Waals surface area contributed by atoms with E-state index in [2.05, 4.69) is 15.3 Å². The third-order valence-corrected chi connectivity index (χ3v) is 4.18. The lowest BCUT2D eigenvalue weighted by molar-refractivity contribution is -0.116. The highest BCUT2D eigenvalue weighted by Gasteiger charge is 2.33. The molecule has 2 aromatic rings. The van der Waals surface area contributed by atoms with E-state index in [0.29, 0.717) is 34.2 Å². The molecule has 132 valence electrons. The fourth-order valence-corrected chi connectivity index (χ4v) is 3.15. The summed E-state index contributed by atoms with van der Waals surface area (Å²) in [6.45, 7) is 1.66. The van der Waals surface area contributed by atoms with Crippen molar-refractivity contribution in [1.82, 2.24) is 9.97 Å². The normalized spacial score (nSPS) is 16.0. The number of aromatic nitrogens is 2. The van der Waals surface area contributed by atoms with E-state index in [1.807, 2.05) is 0 Å². The van der Waals surface area contributed by atoms with Crippen LogP contribution >= 0.6 is 0 Å². The van der Waals surface area contributed by atoms with Gasteiger partial charge in [0.1, 0.15) is 11.6 Å². The Labute approximate surface area is 144 Å². The number of methoxy groups -OCH3 is 3. The van der Waals surface area contributed by atoms with Crippen molar-refractivity contribution >= 4 is 11.7 Å². The molecule has 0 aliphatic carbocycles. The van der Waals surface area contributed by atoms with E-state index in [0.717, 1.165) is 0 Å². The number of rotatable bonds is 4. The van der Waals surface area contributed by atoms with Crippen LogP contribution in [0.2, 0.25) is 0 Å². The van der Waals surface area contributed by atoms with Crippen LogP contribution in [0.15, 0.2) is 16.9 Å². The Morgan fingerprint density at radius 1 is 1.08 bits per heavy atom. The molecule has 3 rings (SSSR count). The molecule has 0 saturated carbocycles. The van der Waals surface area contributed by atoms with Crippen molar-refractivity contribution in [2.45, 2.75) is 19.3 Å². The zero-order chi connectivity index (χ0) is 18.1. The predicted octanol–water partition coefficient (Wildman–Crippen LogP) is 1.58. The summed E-state index contributed by atoms with van der Waals surface area (Å²) < 4.78 is 16.2. The van der Waals surface area contributed by atoms with E-state index in [-0.39, 0.29) is 23.7 Å². The molecule has 1 atom stereocenters. The van der Waals surface area contributed by atoms with E-state index < -0.39 is 5.92 Å². The second-order valence-electron chi connectivity index (χ2n) is 5.64. The molecule has 1 aromatic carbocycles. The van der Waals surface area contributed by atoms with E-state index in [1.54, 1.807) is 19.1 Å². The highest BCUT2D eigenvalue weighted by Crippen LogP contribution is 2.46. The molecular formula is C17H19N3O5. The van der Waals surface area contributed by atoms with Crippen molar-refractivity contribution in [3.05, 3.63) is 39.4 Å². The van der Waals surface area contributed by atoms with Crippen LogP contribution < -0.4 is 25.1 Å². The van der Waals surface area contributed by atoms with Crippen LogP contribution in [0.5, 0.6) is 17.2 Å². The number of ether oxygens (including phenoxy) is 3. The first kappa shape index (κ1) is 16.8. The van der Waals surface area contributed by atoms with E-state index in [1.165, 1.54) is 21.3 Å². The summed E-state index contributed by atoms with van der Waals surface area (Å²) in [4.78, 5) is 31.6. The lowest BCUT2D eigenvalue weighted by atomic mass is 9.86. The van der Waals surface area contributed by atoms with Gasteiger partial charge in [0.15, 0.2) is 11.5 Å². The Hall–Kier alpha value is -3.03. The van der Waals surface area contributed by atoms with Crippen molar-refractivity contribution in [1.29, 1.82) is 0 Å². The Morgan fingerprint density at radius 2 is 1.80 bits per heavy atom. The minimum Gasteiger partial charge on any atom is -0.493 e. The van der Waals surface area contributed by atoms with Gasteiger partial charge in [-0.05, 0) is 13.0 Å². The maximum absolute atomic E-state index is 12.5. The number of H-pyrrole nitrogens is 1.